The van der Waals surface area contributed by atoms with Gasteiger partial charge in [-0.25, -0.2) is 4.79 Å². The van der Waals surface area contributed by atoms with E-state index < -0.39 is 5.97 Å². The highest BCUT2D eigenvalue weighted by molar-refractivity contribution is 5.91. The van der Waals surface area contributed by atoms with Gasteiger partial charge in [-0.1, -0.05) is 18.2 Å². The zero-order chi connectivity index (χ0) is 12.7. The average molecular weight is 242 g/mol. The van der Waals surface area contributed by atoms with Gasteiger partial charge >= 0.3 is 5.97 Å². The number of fused-ring (bicyclic) bond motifs is 1. The first-order valence-electron chi connectivity index (χ1n) is 5.44. The number of benzene rings is 1. The Balaban J connectivity index is 2.27. The Morgan fingerprint density at radius 2 is 2.06 bits per heavy atom. The van der Waals surface area contributed by atoms with Crippen molar-refractivity contribution in [2.45, 2.75) is 6.92 Å². The van der Waals surface area contributed by atoms with Crippen molar-refractivity contribution in [2.75, 3.05) is 0 Å². The van der Waals surface area contributed by atoms with Gasteiger partial charge in [-0.3, -0.25) is 0 Å². The van der Waals surface area contributed by atoms with Gasteiger partial charge in [0.15, 0.2) is 0 Å². The van der Waals surface area contributed by atoms with Gasteiger partial charge in [0.2, 0.25) is 11.5 Å². The van der Waals surface area contributed by atoms with E-state index in [1.807, 2.05) is 37.3 Å². The molecule has 0 fully saturated rings. The second kappa shape index (κ2) is 3.73. The zero-order valence-corrected chi connectivity index (χ0v) is 9.62. The molecule has 0 amide bonds. The quantitative estimate of drug-likeness (QED) is 0.750. The Morgan fingerprint density at radius 3 is 2.72 bits per heavy atom. The smallest absolute Gasteiger partial charge is 0.371 e. The average Bonchev–Trinajstić information content (AvgIpc) is 2.92. The Bertz CT molecular complexity index is 725. The summed E-state index contributed by atoms with van der Waals surface area (Å²) in [6, 6.07) is 10.9. The third-order valence-corrected chi connectivity index (χ3v) is 2.76. The summed E-state index contributed by atoms with van der Waals surface area (Å²) >= 11 is 0. The Kier molecular flexibility index (Phi) is 2.19. The topological polar surface area (TPSA) is 68.3 Å². The first-order chi connectivity index (χ1) is 8.66. The summed E-state index contributed by atoms with van der Waals surface area (Å²) in [6.45, 7) is 1.82. The number of aromatic nitrogens is 2. The number of carboxylic acids is 1. The fourth-order valence-corrected chi connectivity index (χ4v) is 1.90. The van der Waals surface area contributed by atoms with Gasteiger partial charge in [0.25, 0.3) is 0 Å². The number of hydrogen-bond donors (Lipinski definition) is 1. The summed E-state index contributed by atoms with van der Waals surface area (Å²) in [5.74, 6) is -1.15. The van der Waals surface area contributed by atoms with E-state index in [0.29, 0.717) is 5.71 Å². The molecule has 0 aliphatic heterocycles. The number of hydrogen-bond acceptors (Lipinski definition) is 3. The van der Waals surface area contributed by atoms with Crippen LogP contribution in [0.5, 0.6) is 0 Å². The van der Waals surface area contributed by atoms with Crippen LogP contribution in [0.2, 0.25) is 0 Å². The van der Waals surface area contributed by atoms with Crippen molar-refractivity contribution in [1.29, 1.82) is 0 Å². The predicted molar refractivity (Wildman–Crippen MR) is 65.0 cm³/mol. The highest BCUT2D eigenvalue weighted by Crippen LogP contribution is 2.25. The third kappa shape index (κ3) is 1.48. The minimum atomic E-state index is -1.08. The number of para-hydroxylation sites is 1. The van der Waals surface area contributed by atoms with Crippen LogP contribution < -0.4 is 0 Å². The number of aryl methyl sites for hydroxylation is 1. The molecule has 2 aromatic heterocycles. The molecule has 0 saturated heterocycles. The van der Waals surface area contributed by atoms with Gasteiger partial charge in [-0.05, 0) is 19.1 Å². The lowest BCUT2D eigenvalue weighted by Gasteiger charge is -2.00. The van der Waals surface area contributed by atoms with Gasteiger partial charge in [0.1, 0.15) is 0 Å². The van der Waals surface area contributed by atoms with Crippen molar-refractivity contribution in [3.63, 3.8) is 0 Å². The maximum Gasteiger partial charge on any atom is 0.371 e. The number of aromatic carboxylic acids is 1. The second-order valence-corrected chi connectivity index (χ2v) is 3.97. The maximum atomic E-state index is 10.9. The van der Waals surface area contributed by atoms with E-state index in [0.717, 1.165) is 16.8 Å². The summed E-state index contributed by atoms with van der Waals surface area (Å²) in [5.41, 5.74) is 2.03. The second-order valence-electron chi connectivity index (χ2n) is 3.97. The lowest BCUT2D eigenvalue weighted by Crippen LogP contribution is -1.97. The molecule has 0 aliphatic carbocycles. The number of nitrogens with zero attached hydrogens (tertiary/aromatic N) is 2. The molecular weight excluding hydrogens is 232 g/mol. The van der Waals surface area contributed by atoms with Gasteiger partial charge in [-0.15, -0.1) is 0 Å². The molecule has 0 spiro atoms. The lowest BCUT2D eigenvalue weighted by molar-refractivity contribution is 0.0664. The molecule has 0 atom stereocenters. The Hall–Kier alpha value is -2.56. The normalized spacial score (nSPS) is 10.9. The van der Waals surface area contributed by atoms with Gasteiger partial charge in [0, 0.05) is 6.07 Å². The van der Waals surface area contributed by atoms with Crippen molar-refractivity contribution in [3.8, 4) is 5.69 Å². The minimum Gasteiger partial charge on any atom is -0.475 e. The summed E-state index contributed by atoms with van der Waals surface area (Å²) in [6.07, 6.45) is 0. The molecule has 0 aliphatic rings. The third-order valence-electron chi connectivity index (χ3n) is 2.76. The molecule has 0 bridgehead atoms. The largest absolute Gasteiger partial charge is 0.475 e. The molecule has 1 aromatic carbocycles. The van der Waals surface area contributed by atoms with Crippen LogP contribution in [0.4, 0.5) is 0 Å². The standard InChI is InChI=1S/C13H10N2O3/c1-8-10-7-11(13(16)17)18-12(10)15(14-8)9-5-3-2-4-6-9/h2-7H,1H3,(H,16,17). The summed E-state index contributed by atoms with van der Waals surface area (Å²) in [7, 11) is 0. The highest BCUT2D eigenvalue weighted by atomic mass is 16.4. The Morgan fingerprint density at radius 1 is 1.33 bits per heavy atom. The van der Waals surface area contributed by atoms with Crippen LogP contribution in [0, 0.1) is 6.92 Å². The number of carbonyl (C=O) groups is 1. The number of carboxylic acid groups (broad SMARTS) is 1. The SMILES string of the molecule is Cc1nn(-c2ccccc2)c2oc(C(=O)O)cc12. The van der Waals surface area contributed by atoms with Gasteiger partial charge in [0.05, 0.1) is 16.8 Å². The van der Waals surface area contributed by atoms with Crippen molar-refractivity contribution in [1.82, 2.24) is 9.78 Å². The molecule has 3 aromatic rings. The summed E-state index contributed by atoms with van der Waals surface area (Å²) in [5, 5.41) is 14.0. The van der Waals surface area contributed by atoms with Crippen molar-refractivity contribution in [2.24, 2.45) is 0 Å². The molecule has 0 radical (unpaired) electrons. The minimum absolute atomic E-state index is 0.0739. The molecule has 5 heteroatoms. The summed E-state index contributed by atoms with van der Waals surface area (Å²) < 4.78 is 6.95. The fourth-order valence-electron chi connectivity index (χ4n) is 1.90. The van der Waals surface area contributed by atoms with E-state index in [1.54, 1.807) is 4.68 Å². The van der Waals surface area contributed by atoms with E-state index in [4.69, 9.17) is 9.52 Å². The van der Waals surface area contributed by atoms with Gasteiger partial charge in [-0.2, -0.15) is 9.78 Å². The molecule has 0 unspecified atom stereocenters. The van der Waals surface area contributed by atoms with Crippen LogP contribution >= 0.6 is 0 Å². The molecule has 0 saturated carbocycles. The van der Waals surface area contributed by atoms with Crippen LogP contribution in [0.3, 0.4) is 0 Å². The molecule has 2 heterocycles. The molecule has 5 nitrogen and oxygen atoms in total. The molecule has 1 N–H and O–H groups in total. The van der Waals surface area contributed by atoms with Crippen molar-refractivity contribution < 1.29 is 14.3 Å². The molecular formula is C13H10N2O3. The van der Waals surface area contributed by atoms with E-state index in [9.17, 15) is 4.79 Å². The van der Waals surface area contributed by atoms with E-state index in [1.165, 1.54) is 6.07 Å². The maximum absolute atomic E-state index is 10.9. The zero-order valence-electron chi connectivity index (χ0n) is 9.62. The van der Waals surface area contributed by atoms with Crippen molar-refractivity contribution in [3.05, 3.63) is 47.9 Å². The number of rotatable bonds is 2. The highest BCUT2D eigenvalue weighted by Gasteiger charge is 2.17. The monoisotopic (exact) mass is 242 g/mol. The first-order valence-corrected chi connectivity index (χ1v) is 5.44. The summed E-state index contributed by atoms with van der Waals surface area (Å²) in [4.78, 5) is 10.9. The fraction of sp³-hybridized carbons (Fsp3) is 0.0769. The first kappa shape index (κ1) is 10.6. The van der Waals surface area contributed by atoms with Crippen LogP contribution in [0.25, 0.3) is 16.8 Å². The van der Waals surface area contributed by atoms with Crippen LogP contribution in [-0.4, -0.2) is 20.9 Å². The van der Waals surface area contributed by atoms with E-state index in [2.05, 4.69) is 5.10 Å². The van der Waals surface area contributed by atoms with E-state index in [-0.39, 0.29) is 5.76 Å². The lowest BCUT2D eigenvalue weighted by atomic mass is 10.3. The van der Waals surface area contributed by atoms with E-state index >= 15 is 0 Å². The van der Waals surface area contributed by atoms with Crippen molar-refractivity contribution >= 4 is 17.1 Å². The Labute approximate surface area is 102 Å². The number of furan rings is 1. The van der Waals surface area contributed by atoms with Crippen LogP contribution in [-0.2, 0) is 0 Å². The molecule has 90 valence electrons. The predicted octanol–water partition coefficient (Wildman–Crippen LogP) is 2.63. The van der Waals surface area contributed by atoms with Gasteiger partial charge < -0.3 is 9.52 Å². The molecule has 3 rings (SSSR count). The molecule has 18 heavy (non-hydrogen) atoms. The van der Waals surface area contributed by atoms with Crippen LogP contribution in [0.1, 0.15) is 16.2 Å². The van der Waals surface area contributed by atoms with Crippen LogP contribution in [0.15, 0.2) is 40.8 Å².